The summed E-state index contributed by atoms with van der Waals surface area (Å²) in [7, 11) is 0. The van der Waals surface area contributed by atoms with Crippen molar-refractivity contribution in [2.24, 2.45) is 0 Å². The number of β-amino-alcohol motifs (C(OH)–C–C–N with tert-alkyl or cyclic N) is 1. The van der Waals surface area contributed by atoms with E-state index in [9.17, 15) is 19.5 Å². The number of H-pyrrole nitrogens is 1. The maximum atomic E-state index is 13.0. The fraction of sp³-hybridized carbons (Fsp3) is 0.280. The second-order valence-corrected chi connectivity index (χ2v) is 8.83. The molecule has 1 aromatic heterocycles. The normalized spacial score (nSPS) is 16.5. The Hall–Kier alpha value is -4.18. The predicted octanol–water partition coefficient (Wildman–Crippen LogP) is 1.52. The molecule has 0 saturated carbocycles. The quantitative estimate of drug-likeness (QED) is 0.405. The van der Waals surface area contributed by atoms with Gasteiger partial charge in [0, 0.05) is 24.2 Å². The first-order valence-electron chi connectivity index (χ1n) is 11.2. The van der Waals surface area contributed by atoms with Crippen molar-refractivity contribution in [3.63, 3.8) is 0 Å². The van der Waals surface area contributed by atoms with E-state index >= 15 is 0 Å². The maximum Gasteiger partial charge on any atom is 0.407 e. The van der Waals surface area contributed by atoms with Gasteiger partial charge >= 0.3 is 12.1 Å². The Kier molecular flexibility index (Phi) is 5.73. The van der Waals surface area contributed by atoms with E-state index in [2.05, 4.69) is 15.3 Å². The number of alkyl carbamates (subject to hydrolysis) is 1. The van der Waals surface area contributed by atoms with Crippen molar-refractivity contribution in [1.82, 2.24) is 20.2 Å². The van der Waals surface area contributed by atoms with Gasteiger partial charge in [-0.15, -0.1) is 0 Å². The highest BCUT2D eigenvalue weighted by Crippen LogP contribution is 2.44. The number of carbonyl (C=O) groups is 3. The number of aliphatic carboxylic acids is 1. The number of rotatable bonds is 7. The number of aliphatic hydroxyl groups is 1. The van der Waals surface area contributed by atoms with E-state index in [1.54, 1.807) is 0 Å². The Morgan fingerprint density at radius 3 is 2.31 bits per heavy atom. The van der Waals surface area contributed by atoms with Crippen LogP contribution in [0.15, 0.2) is 61.1 Å². The zero-order valence-corrected chi connectivity index (χ0v) is 18.7. The van der Waals surface area contributed by atoms with Crippen LogP contribution in [-0.2, 0) is 20.7 Å². The van der Waals surface area contributed by atoms with Crippen LogP contribution < -0.4 is 5.32 Å². The molecule has 2 aromatic carbocycles. The summed E-state index contributed by atoms with van der Waals surface area (Å²) < 4.78 is 5.56. The smallest absolute Gasteiger partial charge is 0.407 e. The lowest BCUT2D eigenvalue weighted by Gasteiger charge is -2.44. The summed E-state index contributed by atoms with van der Waals surface area (Å²) in [5.74, 6) is -2.04. The first-order valence-corrected chi connectivity index (χ1v) is 11.2. The average molecular weight is 476 g/mol. The zero-order chi connectivity index (χ0) is 24.6. The number of likely N-dealkylation sites (tertiary alicyclic amines) is 1. The van der Waals surface area contributed by atoms with Gasteiger partial charge in [-0.3, -0.25) is 4.79 Å². The highest BCUT2D eigenvalue weighted by Gasteiger charge is 2.51. The molecule has 0 radical (unpaired) electrons. The number of nitrogens with one attached hydrogen (secondary N) is 2. The molecule has 0 bridgehead atoms. The summed E-state index contributed by atoms with van der Waals surface area (Å²) in [5.41, 5.74) is 2.98. The number of nitrogens with zero attached hydrogens (tertiary/aromatic N) is 2. The molecule has 5 rings (SSSR count). The Morgan fingerprint density at radius 1 is 1.11 bits per heavy atom. The van der Waals surface area contributed by atoms with Crippen LogP contribution in [0, 0.1) is 0 Å². The van der Waals surface area contributed by atoms with E-state index in [4.69, 9.17) is 9.84 Å². The van der Waals surface area contributed by atoms with Crippen LogP contribution in [0.1, 0.15) is 22.7 Å². The Balaban J connectivity index is 1.27. The largest absolute Gasteiger partial charge is 0.479 e. The Morgan fingerprint density at radius 2 is 1.74 bits per heavy atom. The molecule has 2 heterocycles. The molecule has 35 heavy (non-hydrogen) atoms. The van der Waals surface area contributed by atoms with Crippen LogP contribution in [0.5, 0.6) is 0 Å². The van der Waals surface area contributed by atoms with Crippen LogP contribution in [0.2, 0.25) is 0 Å². The van der Waals surface area contributed by atoms with Gasteiger partial charge in [-0.1, -0.05) is 48.5 Å². The van der Waals surface area contributed by atoms with Gasteiger partial charge in [-0.2, -0.15) is 0 Å². The van der Waals surface area contributed by atoms with Gasteiger partial charge < -0.3 is 30.2 Å². The lowest BCUT2D eigenvalue weighted by Crippen LogP contribution is -2.69. The number of hydrogen-bond donors (Lipinski definition) is 4. The molecular weight excluding hydrogens is 452 g/mol. The first kappa shape index (κ1) is 22.6. The van der Waals surface area contributed by atoms with Crippen molar-refractivity contribution in [3.05, 3.63) is 77.9 Å². The SMILES string of the molecule is O=C(N[C@H](Cc1cnc[nH]1)C(=O)N1CC(O)(C(=O)O)C1)OCC1c2ccccc2-c2ccccc21. The van der Waals surface area contributed by atoms with E-state index in [0.29, 0.717) is 5.69 Å². The summed E-state index contributed by atoms with van der Waals surface area (Å²) in [5, 5.41) is 21.7. The van der Waals surface area contributed by atoms with Gasteiger partial charge in [0.1, 0.15) is 12.6 Å². The minimum Gasteiger partial charge on any atom is -0.479 e. The molecule has 180 valence electrons. The van der Waals surface area contributed by atoms with Crippen LogP contribution >= 0.6 is 0 Å². The molecule has 1 aliphatic carbocycles. The average Bonchev–Trinajstić information content (AvgIpc) is 3.46. The fourth-order valence-corrected chi connectivity index (χ4v) is 4.70. The minimum absolute atomic E-state index is 0.0906. The van der Waals surface area contributed by atoms with E-state index in [0.717, 1.165) is 22.3 Å². The number of fused-ring (bicyclic) bond motifs is 3. The number of carboxylic acids is 1. The molecule has 10 heteroatoms. The van der Waals surface area contributed by atoms with Crippen LogP contribution in [0.25, 0.3) is 11.1 Å². The van der Waals surface area contributed by atoms with Gasteiger partial charge in [0.25, 0.3) is 0 Å². The number of hydrogen-bond acceptors (Lipinski definition) is 6. The first-order chi connectivity index (χ1) is 16.9. The van der Waals surface area contributed by atoms with Crippen molar-refractivity contribution in [3.8, 4) is 11.1 Å². The summed E-state index contributed by atoms with van der Waals surface area (Å²) in [6.07, 6.45) is 2.32. The van der Waals surface area contributed by atoms with Gasteiger partial charge in [0.05, 0.1) is 19.4 Å². The second kappa shape index (κ2) is 8.88. The van der Waals surface area contributed by atoms with Crippen molar-refractivity contribution in [2.45, 2.75) is 24.0 Å². The highest BCUT2D eigenvalue weighted by molar-refractivity contribution is 5.90. The van der Waals surface area contributed by atoms with E-state index in [-0.39, 0.29) is 32.0 Å². The summed E-state index contributed by atoms with van der Waals surface area (Å²) in [6, 6.07) is 14.9. The molecular formula is C25H24N4O6. The summed E-state index contributed by atoms with van der Waals surface area (Å²) >= 11 is 0. The number of imidazole rings is 1. The van der Waals surface area contributed by atoms with E-state index in [1.165, 1.54) is 17.4 Å². The fourth-order valence-electron chi connectivity index (χ4n) is 4.70. The zero-order valence-electron chi connectivity index (χ0n) is 18.7. The third kappa shape index (κ3) is 4.24. The monoisotopic (exact) mass is 476 g/mol. The molecule has 1 aliphatic heterocycles. The Labute approximate surface area is 200 Å². The van der Waals surface area contributed by atoms with E-state index < -0.39 is 29.6 Å². The van der Waals surface area contributed by atoms with Crippen LogP contribution in [0.3, 0.4) is 0 Å². The predicted molar refractivity (Wildman–Crippen MR) is 123 cm³/mol. The van der Waals surface area contributed by atoms with Gasteiger partial charge in [0.2, 0.25) is 5.91 Å². The number of amides is 2. The molecule has 0 spiro atoms. The number of benzene rings is 2. The summed E-state index contributed by atoms with van der Waals surface area (Å²) in [4.78, 5) is 44.9. The molecule has 2 aliphatic rings. The van der Waals surface area contributed by atoms with Crippen molar-refractivity contribution in [1.29, 1.82) is 0 Å². The number of aromatic nitrogens is 2. The summed E-state index contributed by atoms with van der Waals surface area (Å²) in [6.45, 7) is -0.618. The maximum absolute atomic E-state index is 13.0. The molecule has 1 fully saturated rings. The number of carboxylic acid groups (broad SMARTS) is 1. The second-order valence-electron chi connectivity index (χ2n) is 8.83. The Bertz CT molecular complexity index is 1220. The molecule has 0 unspecified atom stereocenters. The lowest BCUT2D eigenvalue weighted by molar-refractivity contribution is -0.182. The number of carbonyl (C=O) groups excluding carboxylic acids is 2. The van der Waals surface area contributed by atoms with Crippen LogP contribution in [-0.4, -0.2) is 74.4 Å². The van der Waals surface area contributed by atoms with E-state index in [1.807, 2.05) is 48.5 Å². The standard InChI is InChI=1S/C25H24N4O6/c30-22(29-12-25(34,13-29)23(31)32)21(9-15-10-26-14-27-15)28-24(33)35-11-20-18-7-3-1-5-16(18)17-6-2-4-8-19(17)20/h1-8,10,14,20-21,34H,9,11-13H2,(H,26,27)(H,28,33)(H,31,32)/t21-/m1/s1. The molecule has 2 amide bonds. The van der Waals surface area contributed by atoms with Crippen molar-refractivity contribution < 1.29 is 29.3 Å². The van der Waals surface area contributed by atoms with Crippen LogP contribution in [0.4, 0.5) is 4.79 Å². The number of aromatic amines is 1. The third-order valence-electron chi connectivity index (χ3n) is 6.53. The lowest BCUT2D eigenvalue weighted by atomic mass is 9.93. The topological polar surface area (TPSA) is 145 Å². The molecule has 4 N–H and O–H groups in total. The molecule has 1 atom stereocenters. The van der Waals surface area contributed by atoms with Gasteiger partial charge in [-0.25, -0.2) is 14.6 Å². The van der Waals surface area contributed by atoms with Crippen molar-refractivity contribution >= 4 is 18.0 Å². The molecule has 10 nitrogen and oxygen atoms in total. The number of ether oxygens (including phenoxy) is 1. The highest BCUT2D eigenvalue weighted by atomic mass is 16.5. The molecule has 1 saturated heterocycles. The molecule has 3 aromatic rings. The minimum atomic E-state index is -1.97. The van der Waals surface area contributed by atoms with Crippen molar-refractivity contribution in [2.75, 3.05) is 19.7 Å². The van der Waals surface area contributed by atoms with Gasteiger partial charge in [-0.05, 0) is 22.3 Å². The third-order valence-corrected chi connectivity index (χ3v) is 6.53. The van der Waals surface area contributed by atoms with Gasteiger partial charge in [0.15, 0.2) is 5.60 Å².